The number of carbonyl (C=O) groups is 1. The molecule has 0 aromatic heterocycles. The van der Waals surface area contributed by atoms with Crippen molar-refractivity contribution in [1.82, 2.24) is 7.58 Å². The number of nitrogens with zero attached hydrogens (tertiary/aromatic N) is 2. The normalized spacial score (nSPS) is 13.0. The molecule has 0 aliphatic carbocycles. The van der Waals surface area contributed by atoms with E-state index in [2.05, 4.69) is 0 Å². The number of halogens is 1. The third-order valence-corrected chi connectivity index (χ3v) is 5.64. The predicted octanol–water partition coefficient (Wildman–Crippen LogP) is 2.61. The van der Waals surface area contributed by atoms with Crippen LogP contribution in [0.2, 0.25) is 0 Å². The first kappa shape index (κ1) is 15.5. The molecule has 15 heavy (non-hydrogen) atoms. The number of amides is 1. The highest BCUT2D eigenvalue weighted by Gasteiger charge is 2.23. The Morgan fingerprint density at radius 3 is 2.33 bits per heavy atom. The highest BCUT2D eigenvalue weighted by molar-refractivity contribution is 14.1. The van der Waals surface area contributed by atoms with E-state index in [0.29, 0.717) is 18.8 Å². The summed E-state index contributed by atoms with van der Waals surface area (Å²) in [4.78, 5) is 11.6. The summed E-state index contributed by atoms with van der Waals surface area (Å²) in [5.74, 6) is 0.750. The van der Waals surface area contributed by atoms with Crippen molar-refractivity contribution < 1.29 is 10.0 Å². The molecule has 0 rings (SSSR count). The zero-order chi connectivity index (χ0) is 12.1. The molecule has 1 N–H and O–H groups in total. The van der Waals surface area contributed by atoms with Crippen molar-refractivity contribution in [3.63, 3.8) is 0 Å². The number of rotatable bonds is 6. The molecule has 6 heteroatoms. The van der Waals surface area contributed by atoms with Gasteiger partial charge in [-0.2, -0.15) is 4.47 Å². The van der Waals surface area contributed by atoms with Gasteiger partial charge in [0.1, 0.15) is 0 Å². The van der Waals surface area contributed by atoms with Crippen molar-refractivity contribution in [2.75, 3.05) is 24.9 Å². The third kappa shape index (κ3) is 5.37. The van der Waals surface area contributed by atoms with Crippen molar-refractivity contribution in [2.45, 2.75) is 26.7 Å². The van der Waals surface area contributed by atoms with Crippen LogP contribution >= 0.6 is 33.1 Å². The molecule has 0 saturated carbocycles. The summed E-state index contributed by atoms with van der Waals surface area (Å²) < 4.78 is 3.04. The maximum Gasteiger partial charge on any atom is 0.231 e. The van der Waals surface area contributed by atoms with E-state index >= 15 is 0 Å². The van der Waals surface area contributed by atoms with Crippen LogP contribution in [-0.2, 0) is 4.79 Å². The lowest BCUT2D eigenvalue weighted by atomic mass is 10.3. The van der Waals surface area contributed by atoms with E-state index in [1.807, 2.05) is 49.2 Å². The Hall–Kier alpha value is 0.470. The SMILES string of the molecule is CCCC(=O)N(I)CS(C)(C)N(O)CC. The Balaban J connectivity index is 4.26. The van der Waals surface area contributed by atoms with Crippen LogP contribution < -0.4 is 0 Å². The van der Waals surface area contributed by atoms with Gasteiger partial charge in [-0.15, -0.1) is 10.2 Å². The van der Waals surface area contributed by atoms with E-state index in [1.165, 1.54) is 4.47 Å². The summed E-state index contributed by atoms with van der Waals surface area (Å²) in [6.45, 7) is 4.49. The van der Waals surface area contributed by atoms with Crippen LogP contribution in [0.3, 0.4) is 0 Å². The first-order chi connectivity index (χ1) is 6.85. The lowest BCUT2D eigenvalue weighted by molar-refractivity contribution is -0.124. The number of hydroxylamine groups is 1. The molecule has 0 aromatic rings. The van der Waals surface area contributed by atoms with E-state index in [1.54, 1.807) is 3.11 Å². The second kappa shape index (κ2) is 6.93. The van der Waals surface area contributed by atoms with Crippen molar-refractivity contribution in [2.24, 2.45) is 0 Å². The van der Waals surface area contributed by atoms with Gasteiger partial charge in [-0.25, -0.2) is 0 Å². The molecule has 0 aromatic carbocycles. The number of hydrogen-bond donors (Lipinski definition) is 1. The van der Waals surface area contributed by atoms with Crippen LogP contribution in [0.4, 0.5) is 0 Å². The van der Waals surface area contributed by atoms with Gasteiger partial charge in [0.2, 0.25) is 5.91 Å². The van der Waals surface area contributed by atoms with Crippen LogP contribution in [0, 0.1) is 0 Å². The van der Waals surface area contributed by atoms with Crippen molar-refractivity contribution >= 4 is 39.0 Å². The fourth-order valence-electron chi connectivity index (χ4n) is 1.10. The molecule has 0 bridgehead atoms. The Morgan fingerprint density at radius 1 is 1.40 bits per heavy atom. The molecule has 0 heterocycles. The van der Waals surface area contributed by atoms with Gasteiger partial charge in [0.25, 0.3) is 0 Å². The molecular formula is C9H21IN2O2S. The summed E-state index contributed by atoms with van der Waals surface area (Å²) >= 11 is 2.03. The zero-order valence-corrected chi connectivity index (χ0v) is 12.8. The van der Waals surface area contributed by atoms with Gasteiger partial charge in [-0.3, -0.25) is 7.91 Å². The first-order valence-electron chi connectivity index (χ1n) is 4.98. The molecule has 4 nitrogen and oxygen atoms in total. The second-order valence-corrected chi connectivity index (χ2v) is 8.59. The van der Waals surface area contributed by atoms with E-state index < -0.39 is 10.2 Å². The van der Waals surface area contributed by atoms with Gasteiger partial charge in [0.15, 0.2) is 0 Å². The smallest absolute Gasteiger partial charge is 0.231 e. The summed E-state index contributed by atoms with van der Waals surface area (Å²) in [6, 6.07) is 0. The van der Waals surface area contributed by atoms with Gasteiger partial charge in [-0.05, 0) is 25.9 Å². The molecule has 1 amide bonds. The van der Waals surface area contributed by atoms with E-state index in [4.69, 9.17) is 0 Å². The van der Waals surface area contributed by atoms with Crippen LogP contribution in [0.25, 0.3) is 0 Å². The topological polar surface area (TPSA) is 43.8 Å². The molecule has 0 aliphatic rings. The zero-order valence-electron chi connectivity index (χ0n) is 9.86. The van der Waals surface area contributed by atoms with E-state index in [0.717, 1.165) is 6.42 Å². The van der Waals surface area contributed by atoms with Crippen molar-refractivity contribution in [1.29, 1.82) is 0 Å². The van der Waals surface area contributed by atoms with E-state index in [-0.39, 0.29) is 5.91 Å². The predicted molar refractivity (Wildman–Crippen MR) is 74.2 cm³/mol. The largest absolute Gasteiger partial charge is 0.305 e. The minimum Gasteiger partial charge on any atom is -0.305 e. The van der Waals surface area contributed by atoms with Crippen molar-refractivity contribution in [3.05, 3.63) is 0 Å². The molecule has 0 unspecified atom stereocenters. The lowest BCUT2D eigenvalue weighted by Crippen LogP contribution is -2.32. The Kier molecular flexibility index (Phi) is 7.14. The van der Waals surface area contributed by atoms with Crippen LogP contribution in [0.15, 0.2) is 0 Å². The highest BCUT2D eigenvalue weighted by atomic mass is 127. The van der Waals surface area contributed by atoms with Crippen LogP contribution in [-0.4, -0.2) is 43.6 Å². The first-order valence-corrected chi connectivity index (χ1v) is 8.53. The van der Waals surface area contributed by atoms with Crippen molar-refractivity contribution in [3.8, 4) is 0 Å². The average molecular weight is 348 g/mol. The minimum absolute atomic E-state index is 0.142. The standard InChI is InChI=1S/C9H21IN2O2S/c1-5-7-9(13)11(10)8-15(3,4)12(14)6-2/h14H,5-8H2,1-4H3. The van der Waals surface area contributed by atoms with Crippen LogP contribution in [0.5, 0.6) is 0 Å². The fourth-order valence-corrected chi connectivity index (χ4v) is 4.92. The number of hydrogen-bond acceptors (Lipinski definition) is 3. The van der Waals surface area contributed by atoms with Gasteiger partial charge in [0, 0.05) is 13.0 Å². The van der Waals surface area contributed by atoms with Gasteiger partial charge >= 0.3 is 0 Å². The highest BCUT2D eigenvalue weighted by Crippen LogP contribution is 2.43. The third-order valence-electron chi connectivity index (χ3n) is 2.00. The Bertz CT molecular complexity index is 214. The fraction of sp³-hybridized carbons (Fsp3) is 0.889. The molecule has 0 fully saturated rings. The van der Waals surface area contributed by atoms with Gasteiger partial charge in [-0.1, -0.05) is 6.92 Å². The maximum atomic E-state index is 11.6. The van der Waals surface area contributed by atoms with Gasteiger partial charge in [0.05, 0.1) is 28.7 Å². The monoisotopic (exact) mass is 348 g/mol. The summed E-state index contributed by atoms with van der Waals surface area (Å²) in [7, 11) is -1.29. The summed E-state index contributed by atoms with van der Waals surface area (Å²) in [5, 5.41) is 9.68. The molecule has 0 saturated heterocycles. The van der Waals surface area contributed by atoms with Crippen LogP contribution in [0.1, 0.15) is 26.7 Å². The van der Waals surface area contributed by atoms with Gasteiger partial charge < -0.3 is 5.21 Å². The maximum absolute atomic E-state index is 11.6. The molecule has 0 aliphatic heterocycles. The molecule has 92 valence electrons. The quantitative estimate of drug-likeness (QED) is 0.456. The Labute approximate surface area is 108 Å². The summed E-state index contributed by atoms with van der Waals surface area (Å²) in [6.07, 6.45) is 5.45. The molecule has 0 spiro atoms. The average Bonchev–Trinajstić information content (AvgIpc) is 2.16. The molecule has 0 atom stereocenters. The Morgan fingerprint density at radius 2 is 1.93 bits per heavy atom. The second-order valence-electron chi connectivity index (χ2n) is 3.78. The molecule has 0 radical (unpaired) electrons. The molecular weight excluding hydrogens is 327 g/mol. The lowest BCUT2D eigenvalue weighted by Gasteiger charge is -2.40. The number of carbonyl (C=O) groups excluding carboxylic acids is 1. The van der Waals surface area contributed by atoms with E-state index in [9.17, 15) is 10.0 Å². The minimum atomic E-state index is -1.29. The summed E-state index contributed by atoms with van der Waals surface area (Å²) in [5.41, 5.74) is 0.